The number of aliphatic hydroxyl groups excluding tert-OH is 4. The Hall–Kier alpha value is 0.0600. The number of aliphatic hydroxyl groups is 4. The molecule has 1 aliphatic heterocycles. The molecular formula is C14H23Cl3O9. The van der Waals surface area contributed by atoms with Crippen molar-refractivity contribution in [3.05, 3.63) is 0 Å². The van der Waals surface area contributed by atoms with Crippen LogP contribution in [0.2, 0.25) is 0 Å². The third kappa shape index (κ3) is 5.78. The lowest BCUT2D eigenvalue weighted by atomic mass is 10.1. The second-order valence-electron chi connectivity index (χ2n) is 5.71. The van der Waals surface area contributed by atoms with Crippen LogP contribution < -0.4 is 0 Å². The molecule has 9 nitrogen and oxygen atoms in total. The average Bonchev–Trinajstić information content (AvgIpc) is 2.88. The molecule has 154 valence electrons. The molecule has 1 aliphatic rings. The highest BCUT2D eigenvalue weighted by Crippen LogP contribution is 2.36. The highest BCUT2D eigenvalue weighted by atomic mass is 35.5. The number of rotatable bonds is 12. The molecule has 0 bridgehead atoms. The zero-order valence-corrected chi connectivity index (χ0v) is 16.2. The van der Waals surface area contributed by atoms with Gasteiger partial charge in [0.2, 0.25) is 5.79 Å². The molecule has 0 saturated carbocycles. The fourth-order valence-electron chi connectivity index (χ4n) is 2.29. The number of carbonyl (C=O) groups is 1. The first-order valence-corrected chi connectivity index (χ1v) is 9.24. The summed E-state index contributed by atoms with van der Waals surface area (Å²) in [7, 11) is 0. The Labute approximate surface area is 165 Å². The second kappa shape index (κ2) is 11.2. The molecule has 0 aromatic carbocycles. The lowest BCUT2D eigenvalue weighted by Crippen LogP contribution is -2.53. The second-order valence-corrected chi connectivity index (χ2v) is 6.97. The van der Waals surface area contributed by atoms with E-state index in [1.807, 2.05) is 0 Å². The monoisotopic (exact) mass is 440 g/mol. The van der Waals surface area contributed by atoms with Gasteiger partial charge in [-0.2, -0.15) is 0 Å². The van der Waals surface area contributed by atoms with Gasteiger partial charge in [-0.3, -0.25) is 4.79 Å². The van der Waals surface area contributed by atoms with Crippen LogP contribution in [-0.2, 0) is 23.7 Å². The maximum absolute atomic E-state index is 10.4. The zero-order valence-electron chi connectivity index (χ0n) is 13.9. The van der Waals surface area contributed by atoms with Gasteiger partial charge in [0.25, 0.3) is 6.47 Å². The number of hydrogen-bond donors (Lipinski definition) is 4. The Morgan fingerprint density at radius 2 is 2.00 bits per heavy atom. The minimum Gasteiger partial charge on any atom is -0.465 e. The van der Waals surface area contributed by atoms with Crippen LogP contribution in [0.25, 0.3) is 0 Å². The van der Waals surface area contributed by atoms with Gasteiger partial charge in [-0.25, -0.2) is 0 Å². The Balaban J connectivity index is 2.99. The maximum Gasteiger partial charge on any atom is 0.293 e. The first kappa shape index (κ1) is 24.1. The van der Waals surface area contributed by atoms with Gasteiger partial charge in [-0.1, -0.05) is 0 Å². The summed E-state index contributed by atoms with van der Waals surface area (Å²) in [4.78, 5) is 10.4. The van der Waals surface area contributed by atoms with Crippen molar-refractivity contribution in [3.8, 4) is 0 Å². The summed E-state index contributed by atoms with van der Waals surface area (Å²) < 4.78 is 21.1. The van der Waals surface area contributed by atoms with Gasteiger partial charge in [0, 0.05) is 0 Å². The molecule has 8 atom stereocenters. The number of ether oxygens (including phenoxy) is 4. The Kier molecular flexibility index (Phi) is 10.3. The topological polar surface area (TPSA) is 135 Å². The lowest BCUT2D eigenvalue weighted by molar-refractivity contribution is -0.340. The average molecular weight is 442 g/mol. The van der Waals surface area contributed by atoms with Crippen LogP contribution in [0.3, 0.4) is 0 Å². The summed E-state index contributed by atoms with van der Waals surface area (Å²) in [6, 6.07) is 0. The van der Waals surface area contributed by atoms with E-state index in [9.17, 15) is 25.2 Å². The molecule has 1 rings (SSSR count). The van der Waals surface area contributed by atoms with Crippen molar-refractivity contribution in [1.29, 1.82) is 0 Å². The van der Waals surface area contributed by atoms with E-state index in [1.54, 1.807) is 6.92 Å². The minimum absolute atomic E-state index is 0.150. The summed E-state index contributed by atoms with van der Waals surface area (Å²) in [6.45, 7) is 0.725. The highest BCUT2D eigenvalue weighted by molar-refractivity contribution is 6.20. The number of halogens is 3. The third-order valence-corrected chi connectivity index (χ3v) is 4.77. The van der Waals surface area contributed by atoms with Crippen LogP contribution in [0, 0.1) is 0 Å². The van der Waals surface area contributed by atoms with E-state index in [4.69, 9.17) is 49.0 Å². The minimum atomic E-state index is -1.95. The summed E-state index contributed by atoms with van der Waals surface area (Å²) in [6.07, 6.45) is -8.03. The fourth-order valence-corrected chi connectivity index (χ4v) is 2.95. The summed E-state index contributed by atoms with van der Waals surface area (Å²) >= 11 is 17.5. The molecule has 0 aromatic heterocycles. The van der Waals surface area contributed by atoms with Crippen molar-refractivity contribution in [3.63, 3.8) is 0 Å². The van der Waals surface area contributed by atoms with E-state index in [0.717, 1.165) is 0 Å². The smallest absolute Gasteiger partial charge is 0.293 e. The lowest BCUT2D eigenvalue weighted by Gasteiger charge is -2.37. The zero-order chi connectivity index (χ0) is 19.9. The van der Waals surface area contributed by atoms with E-state index in [1.165, 1.54) is 0 Å². The van der Waals surface area contributed by atoms with E-state index in [2.05, 4.69) is 4.74 Å². The van der Waals surface area contributed by atoms with Crippen molar-refractivity contribution in [1.82, 2.24) is 0 Å². The SMILES string of the molecule is C[C@@H](Cl)C(COC=O)O[C@H](O[C@@]1(CCl)O[C@H](CCl)[C@H](O)[C@H]1O)[C@@H](O)CO. The molecular weight excluding hydrogens is 419 g/mol. The summed E-state index contributed by atoms with van der Waals surface area (Å²) in [5.41, 5.74) is 0. The predicted octanol–water partition coefficient (Wildman–Crippen LogP) is -0.838. The Morgan fingerprint density at radius 3 is 2.42 bits per heavy atom. The van der Waals surface area contributed by atoms with Gasteiger partial charge < -0.3 is 39.4 Å². The van der Waals surface area contributed by atoms with Gasteiger partial charge in [0.1, 0.15) is 37.1 Å². The predicted molar refractivity (Wildman–Crippen MR) is 91.2 cm³/mol. The van der Waals surface area contributed by atoms with E-state index >= 15 is 0 Å². The number of alkyl halides is 3. The van der Waals surface area contributed by atoms with Crippen LogP contribution in [-0.4, -0.2) is 99.8 Å². The fraction of sp³-hybridized carbons (Fsp3) is 0.929. The Bertz CT molecular complexity index is 430. The molecule has 0 amide bonds. The first-order valence-electron chi connectivity index (χ1n) is 7.73. The van der Waals surface area contributed by atoms with Crippen molar-refractivity contribution < 1.29 is 44.2 Å². The molecule has 1 unspecified atom stereocenters. The van der Waals surface area contributed by atoms with Crippen LogP contribution in [0.15, 0.2) is 0 Å². The van der Waals surface area contributed by atoms with E-state index < -0.39 is 60.5 Å². The number of hydrogen-bond acceptors (Lipinski definition) is 9. The van der Waals surface area contributed by atoms with Gasteiger partial charge in [0.15, 0.2) is 6.29 Å². The third-order valence-electron chi connectivity index (χ3n) is 3.81. The number of carbonyl (C=O) groups excluding carboxylic acids is 1. The highest BCUT2D eigenvalue weighted by Gasteiger charge is 2.56. The van der Waals surface area contributed by atoms with Gasteiger partial charge in [0.05, 0.1) is 23.7 Å². The van der Waals surface area contributed by atoms with Gasteiger partial charge >= 0.3 is 0 Å². The molecule has 1 heterocycles. The van der Waals surface area contributed by atoms with Crippen molar-refractivity contribution >= 4 is 41.3 Å². The van der Waals surface area contributed by atoms with Crippen molar-refractivity contribution in [2.75, 3.05) is 25.0 Å². The molecule has 12 heteroatoms. The largest absolute Gasteiger partial charge is 0.465 e. The van der Waals surface area contributed by atoms with Gasteiger partial charge in [-0.05, 0) is 6.92 Å². The molecule has 1 fully saturated rings. The quantitative estimate of drug-likeness (QED) is 0.174. The van der Waals surface area contributed by atoms with E-state index in [0.29, 0.717) is 0 Å². The van der Waals surface area contributed by atoms with Crippen molar-refractivity contribution in [2.45, 2.75) is 54.9 Å². The maximum atomic E-state index is 10.4. The van der Waals surface area contributed by atoms with Gasteiger partial charge in [-0.15, -0.1) is 34.8 Å². The van der Waals surface area contributed by atoms with Crippen LogP contribution in [0.1, 0.15) is 6.92 Å². The molecule has 0 aromatic rings. The summed E-state index contributed by atoms with van der Waals surface area (Å²) in [5, 5.41) is 38.8. The van der Waals surface area contributed by atoms with Crippen molar-refractivity contribution in [2.24, 2.45) is 0 Å². The molecule has 26 heavy (non-hydrogen) atoms. The van der Waals surface area contributed by atoms with Crippen LogP contribution >= 0.6 is 34.8 Å². The molecule has 0 spiro atoms. The normalized spacial score (nSPS) is 33.5. The van der Waals surface area contributed by atoms with Crippen LogP contribution in [0.4, 0.5) is 0 Å². The Morgan fingerprint density at radius 1 is 1.35 bits per heavy atom. The molecule has 0 radical (unpaired) electrons. The molecule has 1 saturated heterocycles. The molecule has 4 N–H and O–H groups in total. The van der Waals surface area contributed by atoms with E-state index in [-0.39, 0.29) is 19.0 Å². The molecule has 0 aliphatic carbocycles. The summed E-state index contributed by atoms with van der Waals surface area (Å²) in [5.74, 6) is -2.54. The standard InChI is InChI=1S/C14H23Cl3O9/c1-7(17)10(4-23-6-19)24-13(8(20)3-18)26-14(5-16)12(22)11(21)9(2-15)25-14/h6-13,18,20-22H,2-5H2,1H3/t7-,8+,9-,10?,11+,12-,13-,14-/m1/s1. The first-order chi connectivity index (χ1) is 12.3. The van der Waals surface area contributed by atoms with Crippen LogP contribution in [0.5, 0.6) is 0 Å².